The average Bonchev–Trinajstić information content (AvgIpc) is 3.64. The maximum Gasteiger partial charge on any atom is 0.525 e. The molecule has 1 aliphatic carbocycles. The molecular weight excluding hydrogens is 635 g/mol. The zero-order chi connectivity index (χ0) is 32.5. The standard InChI is InChI=1S/C29H33O16P/c1-11-38-9-20-27(42-11)23(30)24(31)29(43-20)44-25-14-7-17-16(40-10-41-17)6-13(14)21(22-15(25)8-39-28(22)32)12-4-18(36-2)26(19(5-12)37-3)45-46(33,34)35/h4-7,11,15,20-25,27,29-31H,8-10H2,1-3H3,(H2,33,34,35)/t11-,15+,20+,21+,22-,23+,24-,25+,27-,29-/m0/s1. The second-order valence-corrected chi connectivity index (χ2v) is 12.7. The molecule has 2 aromatic rings. The van der Waals surface area contributed by atoms with Crippen molar-refractivity contribution in [3.05, 3.63) is 41.0 Å². The number of ether oxygens (including phenoxy) is 9. The molecule has 7 rings (SSSR count). The first-order chi connectivity index (χ1) is 22.0. The van der Waals surface area contributed by atoms with Gasteiger partial charge in [-0.2, -0.15) is 0 Å². The van der Waals surface area contributed by atoms with E-state index in [9.17, 15) is 29.4 Å². The normalized spacial score (nSPS) is 34.6. The number of phosphoric acid groups is 1. The number of rotatable bonds is 7. The fraction of sp³-hybridized carbons (Fsp3) is 0.552. The van der Waals surface area contributed by atoms with Crippen LogP contribution in [0.1, 0.15) is 35.6 Å². The van der Waals surface area contributed by atoms with Crippen LogP contribution in [0, 0.1) is 11.8 Å². The maximum atomic E-state index is 13.5. The van der Waals surface area contributed by atoms with Crippen molar-refractivity contribution in [3.63, 3.8) is 0 Å². The van der Waals surface area contributed by atoms with Crippen molar-refractivity contribution in [2.24, 2.45) is 11.8 Å². The van der Waals surface area contributed by atoms with Gasteiger partial charge >= 0.3 is 13.8 Å². The van der Waals surface area contributed by atoms with Gasteiger partial charge in [-0.05, 0) is 47.9 Å². The number of aliphatic hydroxyl groups excluding tert-OH is 2. The van der Waals surface area contributed by atoms with Crippen molar-refractivity contribution in [1.82, 2.24) is 0 Å². The molecule has 0 saturated carbocycles. The molecule has 3 saturated heterocycles. The van der Waals surface area contributed by atoms with Crippen LogP contribution in [0.4, 0.5) is 0 Å². The van der Waals surface area contributed by atoms with E-state index in [2.05, 4.69) is 0 Å². The lowest BCUT2D eigenvalue weighted by Gasteiger charge is -2.47. The van der Waals surface area contributed by atoms with Gasteiger partial charge in [-0.15, -0.1) is 0 Å². The predicted molar refractivity (Wildman–Crippen MR) is 149 cm³/mol. The highest BCUT2D eigenvalue weighted by molar-refractivity contribution is 7.46. The number of methoxy groups -OCH3 is 2. The minimum atomic E-state index is -5.00. The Morgan fingerprint density at radius 1 is 0.891 bits per heavy atom. The Morgan fingerprint density at radius 3 is 2.22 bits per heavy atom. The summed E-state index contributed by atoms with van der Waals surface area (Å²) in [5.74, 6) is -2.25. The summed E-state index contributed by atoms with van der Waals surface area (Å²) >= 11 is 0. The van der Waals surface area contributed by atoms with Gasteiger partial charge in [-0.25, -0.2) is 4.57 Å². The number of hydrogen-bond acceptors (Lipinski definition) is 14. The van der Waals surface area contributed by atoms with Gasteiger partial charge < -0.3 is 57.4 Å². The maximum absolute atomic E-state index is 13.5. The Bertz CT molecular complexity index is 1530. The Kier molecular flexibility index (Phi) is 8.07. The lowest BCUT2D eigenvalue weighted by Crippen LogP contribution is -2.63. The van der Waals surface area contributed by atoms with Crippen LogP contribution in [0.5, 0.6) is 28.7 Å². The molecule has 0 amide bonds. The third-order valence-corrected chi connectivity index (χ3v) is 9.36. The summed E-state index contributed by atoms with van der Waals surface area (Å²) in [6.07, 6.45) is -7.18. The highest BCUT2D eigenvalue weighted by Crippen LogP contribution is 2.57. The number of benzene rings is 2. The molecular formula is C29H33O16P. The first-order valence-corrected chi connectivity index (χ1v) is 16.1. The lowest BCUT2D eigenvalue weighted by atomic mass is 9.66. The van der Waals surface area contributed by atoms with Gasteiger partial charge in [0.25, 0.3) is 0 Å². The Morgan fingerprint density at radius 2 is 1.57 bits per heavy atom. The van der Waals surface area contributed by atoms with Gasteiger partial charge in [-0.1, -0.05) is 0 Å². The van der Waals surface area contributed by atoms with Crippen LogP contribution in [0.2, 0.25) is 0 Å². The van der Waals surface area contributed by atoms with Crippen molar-refractivity contribution >= 4 is 13.8 Å². The number of phosphoric ester groups is 1. The van der Waals surface area contributed by atoms with E-state index in [0.29, 0.717) is 28.2 Å². The molecule has 0 unspecified atom stereocenters. The number of carbonyl (C=O) groups is 1. The number of fused-ring (bicyclic) bond motifs is 4. The molecule has 250 valence electrons. The number of esters is 1. The molecule has 3 fully saturated rings. The fourth-order valence-corrected chi connectivity index (χ4v) is 7.35. The minimum absolute atomic E-state index is 0.0303. The Hall–Kier alpha value is -3.18. The molecule has 4 N–H and O–H groups in total. The molecule has 0 spiro atoms. The molecule has 0 bridgehead atoms. The number of hydrogen-bond donors (Lipinski definition) is 4. The first-order valence-electron chi connectivity index (χ1n) is 14.5. The van der Waals surface area contributed by atoms with Crippen LogP contribution < -0.4 is 23.5 Å². The average molecular weight is 669 g/mol. The van der Waals surface area contributed by atoms with Crippen LogP contribution >= 0.6 is 7.82 Å². The molecule has 2 aromatic carbocycles. The fourth-order valence-electron chi connectivity index (χ4n) is 6.93. The van der Waals surface area contributed by atoms with Crippen molar-refractivity contribution in [3.8, 4) is 28.7 Å². The molecule has 4 heterocycles. The third-order valence-electron chi connectivity index (χ3n) is 8.94. The largest absolute Gasteiger partial charge is 0.525 e. The summed E-state index contributed by atoms with van der Waals surface area (Å²) < 4.78 is 68.1. The number of carbonyl (C=O) groups excluding carboxylic acids is 1. The summed E-state index contributed by atoms with van der Waals surface area (Å²) in [5.41, 5.74) is 1.65. The third kappa shape index (κ3) is 5.37. The molecule has 17 heteroatoms. The number of aliphatic hydroxyl groups is 2. The predicted octanol–water partition coefficient (Wildman–Crippen LogP) is 1.10. The SMILES string of the molecule is COc1cc([C@@H]2c3cc4c(cc3[C@@H](O[C@@H]3O[C@@H]5CO[C@H](C)O[C@@H]5[C@H](O)[C@@H]3O)[C@@H]3COC(=O)[C@H]23)OCO4)cc(OC)c1OP(=O)(O)O. The molecule has 0 aromatic heterocycles. The van der Waals surface area contributed by atoms with E-state index >= 15 is 0 Å². The van der Waals surface area contributed by atoms with Gasteiger partial charge in [0.1, 0.15) is 24.4 Å². The van der Waals surface area contributed by atoms with E-state index in [1.807, 2.05) is 0 Å². The zero-order valence-electron chi connectivity index (χ0n) is 24.8. The van der Waals surface area contributed by atoms with Gasteiger partial charge in [0, 0.05) is 11.8 Å². The summed E-state index contributed by atoms with van der Waals surface area (Å²) in [6, 6.07) is 6.47. The lowest BCUT2D eigenvalue weighted by molar-refractivity contribution is -0.364. The van der Waals surface area contributed by atoms with E-state index in [1.54, 1.807) is 19.1 Å². The van der Waals surface area contributed by atoms with Gasteiger partial charge in [0.05, 0.1) is 39.5 Å². The highest BCUT2D eigenvalue weighted by Gasteiger charge is 2.56. The topological polar surface area (TPSA) is 207 Å². The molecule has 0 radical (unpaired) electrons. The van der Waals surface area contributed by atoms with Crippen molar-refractivity contribution in [2.75, 3.05) is 34.2 Å². The zero-order valence-corrected chi connectivity index (χ0v) is 25.7. The summed E-state index contributed by atoms with van der Waals surface area (Å²) in [6.45, 7) is 1.72. The quantitative estimate of drug-likeness (QED) is 0.241. The molecule has 10 atom stereocenters. The van der Waals surface area contributed by atoms with Crippen LogP contribution in [-0.4, -0.2) is 97.2 Å². The molecule has 4 aliphatic heterocycles. The van der Waals surface area contributed by atoms with Gasteiger partial charge in [0.15, 0.2) is 35.6 Å². The van der Waals surface area contributed by atoms with E-state index in [-0.39, 0.29) is 37.3 Å². The molecule has 46 heavy (non-hydrogen) atoms. The van der Waals surface area contributed by atoms with Crippen molar-refractivity contribution in [2.45, 2.75) is 55.9 Å². The Labute approximate surface area is 262 Å². The van der Waals surface area contributed by atoms with Crippen LogP contribution in [0.15, 0.2) is 24.3 Å². The molecule has 16 nitrogen and oxygen atoms in total. The van der Waals surface area contributed by atoms with E-state index < -0.39 is 74.6 Å². The second kappa shape index (κ2) is 11.8. The van der Waals surface area contributed by atoms with Crippen molar-refractivity contribution < 1.29 is 76.5 Å². The van der Waals surface area contributed by atoms with E-state index in [0.717, 1.165) is 0 Å². The minimum Gasteiger partial charge on any atom is -0.493 e. The van der Waals surface area contributed by atoms with Crippen LogP contribution in [-0.2, 0) is 33.0 Å². The Balaban J connectivity index is 1.32. The molecule has 5 aliphatic rings. The monoisotopic (exact) mass is 668 g/mol. The van der Waals surface area contributed by atoms with E-state index in [1.165, 1.54) is 26.4 Å². The van der Waals surface area contributed by atoms with Crippen molar-refractivity contribution in [1.29, 1.82) is 0 Å². The smallest absolute Gasteiger partial charge is 0.493 e. The van der Waals surface area contributed by atoms with Gasteiger partial charge in [0.2, 0.25) is 12.5 Å². The van der Waals surface area contributed by atoms with Crippen LogP contribution in [0.3, 0.4) is 0 Å². The highest BCUT2D eigenvalue weighted by atomic mass is 31.2. The number of cyclic esters (lactones) is 1. The summed E-state index contributed by atoms with van der Waals surface area (Å²) in [5, 5.41) is 22.0. The second-order valence-electron chi connectivity index (χ2n) is 11.6. The van der Waals surface area contributed by atoms with Crippen LogP contribution in [0.25, 0.3) is 0 Å². The van der Waals surface area contributed by atoms with E-state index in [4.69, 9.17) is 47.2 Å². The first kappa shape index (κ1) is 31.4. The summed E-state index contributed by atoms with van der Waals surface area (Å²) in [7, 11) is -2.40. The van der Waals surface area contributed by atoms with Gasteiger partial charge in [-0.3, -0.25) is 14.6 Å². The summed E-state index contributed by atoms with van der Waals surface area (Å²) in [4.78, 5) is 32.5.